The van der Waals surface area contributed by atoms with Gasteiger partial charge in [0.15, 0.2) is 11.6 Å². The average molecular weight is 528 g/mol. The number of nitrogens with zero attached hydrogens (tertiary/aromatic N) is 4. The summed E-state index contributed by atoms with van der Waals surface area (Å²) in [5.74, 6) is -1.92. The Balaban J connectivity index is 1.59. The van der Waals surface area contributed by atoms with Gasteiger partial charge in [0.1, 0.15) is 5.69 Å². The fourth-order valence-electron chi connectivity index (χ4n) is 4.20. The molecule has 1 amide bonds. The fourth-order valence-corrected chi connectivity index (χ4v) is 4.32. The second-order valence-electron chi connectivity index (χ2n) is 8.47. The van der Waals surface area contributed by atoms with Crippen LogP contribution < -0.4 is 10.3 Å². The van der Waals surface area contributed by atoms with E-state index in [1.54, 1.807) is 12.1 Å². The van der Waals surface area contributed by atoms with Gasteiger partial charge < -0.3 is 10.1 Å². The van der Waals surface area contributed by atoms with Gasteiger partial charge in [-0.05, 0) is 35.3 Å². The minimum absolute atomic E-state index is 0.0693. The zero-order chi connectivity index (χ0) is 26.0. The number of hydrazone groups is 1. The highest BCUT2D eigenvalue weighted by Gasteiger charge is 2.40. The number of benzene rings is 2. The molecular formula is C26H21ClF3N5O2. The molecule has 3 heterocycles. The lowest BCUT2D eigenvalue weighted by Crippen LogP contribution is -2.31. The second kappa shape index (κ2) is 10.3. The van der Waals surface area contributed by atoms with Crippen molar-refractivity contribution >= 4 is 40.3 Å². The van der Waals surface area contributed by atoms with Crippen LogP contribution >= 0.6 is 11.6 Å². The predicted octanol–water partition coefficient (Wildman–Crippen LogP) is 5.44. The lowest BCUT2D eigenvalue weighted by atomic mass is 9.91. The molecule has 2 aliphatic heterocycles. The first kappa shape index (κ1) is 24.9. The molecule has 0 spiro atoms. The molecule has 7 nitrogen and oxygen atoms in total. The van der Waals surface area contributed by atoms with Crippen LogP contribution in [0.5, 0.6) is 0 Å². The van der Waals surface area contributed by atoms with E-state index in [9.17, 15) is 18.0 Å². The SMILES string of the molecule is O=C(Nc1cnc(C2=CCOCC2)nc1N1CC(c2ccccc2)C(c2ccc(Cl)cc2)=N1)C(F)(F)F. The summed E-state index contributed by atoms with van der Waals surface area (Å²) in [6.07, 6.45) is -1.51. The molecule has 5 rings (SSSR count). The van der Waals surface area contributed by atoms with Crippen LogP contribution in [-0.4, -0.2) is 47.5 Å². The normalized spacial score (nSPS) is 17.8. The van der Waals surface area contributed by atoms with Crippen molar-refractivity contribution < 1.29 is 22.7 Å². The molecule has 1 atom stereocenters. The van der Waals surface area contributed by atoms with E-state index in [2.05, 4.69) is 9.97 Å². The first-order valence-corrected chi connectivity index (χ1v) is 11.9. The number of amides is 1. The molecule has 0 radical (unpaired) electrons. The molecule has 11 heteroatoms. The highest BCUT2D eigenvalue weighted by molar-refractivity contribution is 6.30. The average Bonchev–Trinajstić information content (AvgIpc) is 3.35. The van der Waals surface area contributed by atoms with Gasteiger partial charge in [0, 0.05) is 10.9 Å². The first-order chi connectivity index (χ1) is 17.8. The number of ether oxygens (including phenoxy) is 1. The van der Waals surface area contributed by atoms with Gasteiger partial charge in [-0.2, -0.15) is 18.3 Å². The van der Waals surface area contributed by atoms with Gasteiger partial charge in [0.2, 0.25) is 0 Å². The maximum atomic E-state index is 13.1. The summed E-state index contributed by atoms with van der Waals surface area (Å²) in [6, 6.07) is 16.8. The molecule has 0 aliphatic carbocycles. The Morgan fingerprint density at radius 2 is 1.86 bits per heavy atom. The van der Waals surface area contributed by atoms with Crippen LogP contribution in [-0.2, 0) is 9.53 Å². The highest BCUT2D eigenvalue weighted by Crippen LogP contribution is 2.36. The summed E-state index contributed by atoms with van der Waals surface area (Å²) < 4.78 is 44.6. The standard InChI is InChI=1S/C26H21ClF3N5O2/c27-19-8-6-17(7-9-19)22-20(16-4-2-1-3-5-16)15-35(34-22)24-21(32-25(36)26(28,29)30)14-31-23(33-24)18-10-12-37-13-11-18/h1-10,14,20H,11-13,15H2,(H,32,36). The number of carbonyl (C=O) groups excluding carboxylic acids is 1. The van der Waals surface area contributed by atoms with Crippen molar-refractivity contribution in [1.82, 2.24) is 9.97 Å². The zero-order valence-corrected chi connectivity index (χ0v) is 20.1. The molecule has 0 bridgehead atoms. The van der Waals surface area contributed by atoms with Gasteiger partial charge in [0.05, 0.1) is 31.7 Å². The Bertz CT molecular complexity index is 1360. The molecule has 0 saturated heterocycles. The van der Waals surface area contributed by atoms with Gasteiger partial charge >= 0.3 is 12.1 Å². The molecule has 2 aromatic carbocycles. The summed E-state index contributed by atoms with van der Waals surface area (Å²) in [5, 5.41) is 8.77. The smallest absolute Gasteiger partial charge is 0.377 e. The van der Waals surface area contributed by atoms with Crippen LogP contribution in [0.3, 0.4) is 0 Å². The molecule has 37 heavy (non-hydrogen) atoms. The van der Waals surface area contributed by atoms with E-state index in [0.717, 1.165) is 16.7 Å². The first-order valence-electron chi connectivity index (χ1n) is 11.5. The lowest BCUT2D eigenvalue weighted by molar-refractivity contribution is -0.167. The van der Waals surface area contributed by atoms with E-state index < -0.39 is 12.1 Å². The molecule has 190 valence electrons. The third-order valence-corrected chi connectivity index (χ3v) is 6.28. The Labute approximate surface area is 215 Å². The highest BCUT2D eigenvalue weighted by atomic mass is 35.5. The second-order valence-corrected chi connectivity index (χ2v) is 8.91. The number of hydrogen-bond acceptors (Lipinski definition) is 6. The molecule has 1 N–H and O–H groups in total. The zero-order valence-electron chi connectivity index (χ0n) is 19.4. The molecule has 1 unspecified atom stereocenters. The number of halogens is 4. The van der Waals surface area contributed by atoms with Crippen LogP contribution in [0.25, 0.3) is 5.57 Å². The van der Waals surface area contributed by atoms with Crippen molar-refractivity contribution in [3.63, 3.8) is 0 Å². The van der Waals surface area contributed by atoms with Gasteiger partial charge in [-0.25, -0.2) is 15.0 Å². The minimum Gasteiger partial charge on any atom is -0.377 e. The number of alkyl halides is 3. The Kier molecular flexibility index (Phi) is 6.94. The summed E-state index contributed by atoms with van der Waals surface area (Å²) >= 11 is 6.08. The van der Waals surface area contributed by atoms with E-state index in [-0.39, 0.29) is 24.0 Å². The number of anilines is 2. The molecule has 0 saturated carbocycles. The summed E-state index contributed by atoms with van der Waals surface area (Å²) in [5.41, 5.74) is 3.10. The van der Waals surface area contributed by atoms with Crippen molar-refractivity contribution in [3.8, 4) is 0 Å². The van der Waals surface area contributed by atoms with Gasteiger partial charge in [-0.1, -0.05) is 60.1 Å². The maximum absolute atomic E-state index is 13.1. The third-order valence-electron chi connectivity index (χ3n) is 6.03. The third kappa shape index (κ3) is 5.50. The number of nitrogens with one attached hydrogen (secondary N) is 1. The van der Waals surface area contributed by atoms with Crippen LogP contribution in [0.15, 0.2) is 72.0 Å². The molecule has 0 fully saturated rings. The minimum atomic E-state index is -5.07. The van der Waals surface area contributed by atoms with Gasteiger partial charge in [0.25, 0.3) is 0 Å². The molecular weight excluding hydrogens is 507 g/mol. The summed E-state index contributed by atoms with van der Waals surface area (Å²) in [7, 11) is 0. The van der Waals surface area contributed by atoms with Crippen LogP contribution in [0.2, 0.25) is 5.02 Å². The Hall–Kier alpha value is -3.76. The lowest BCUT2D eigenvalue weighted by Gasteiger charge is -2.21. The number of hydrogen-bond donors (Lipinski definition) is 1. The van der Waals surface area contributed by atoms with Crippen molar-refractivity contribution in [1.29, 1.82) is 0 Å². The molecule has 1 aromatic heterocycles. The van der Waals surface area contributed by atoms with Crippen molar-refractivity contribution in [2.24, 2.45) is 5.10 Å². The largest absolute Gasteiger partial charge is 0.471 e. The topological polar surface area (TPSA) is 79.7 Å². The summed E-state index contributed by atoms with van der Waals surface area (Å²) in [4.78, 5) is 20.6. The predicted molar refractivity (Wildman–Crippen MR) is 135 cm³/mol. The van der Waals surface area contributed by atoms with Gasteiger partial charge in [-0.15, -0.1) is 0 Å². The van der Waals surface area contributed by atoms with Crippen molar-refractivity contribution in [2.45, 2.75) is 18.5 Å². The Morgan fingerprint density at radius 1 is 1.11 bits per heavy atom. The van der Waals surface area contributed by atoms with E-state index in [4.69, 9.17) is 21.4 Å². The van der Waals surface area contributed by atoms with Crippen LogP contribution in [0.4, 0.5) is 24.7 Å². The van der Waals surface area contributed by atoms with Crippen molar-refractivity contribution in [2.75, 3.05) is 30.1 Å². The van der Waals surface area contributed by atoms with E-state index in [0.29, 0.717) is 36.2 Å². The Morgan fingerprint density at radius 3 is 2.54 bits per heavy atom. The number of carbonyl (C=O) groups is 1. The number of aromatic nitrogens is 2. The quantitative estimate of drug-likeness (QED) is 0.478. The van der Waals surface area contributed by atoms with Gasteiger partial charge in [-0.3, -0.25) is 4.79 Å². The maximum Gasteiger partial charge on any atom is 0.471 e. The fraction of sp³-hybridized carbons (Fsp3) is 0.231. The van der Waals surface area contributed by atoms with E-state index in [1.807, 2.05) is 53.9 Å². The number of rotatable bonds is 5. The van der Waals surface area contributed by atoms with Crippen molar-refractivity contribution in [3.05, 3.63) is 88.8 Å². The van der Waals surface area contributed by atoms with Crippen LogP contribution in [0.1, 0.15) is 29.3 Å². The van der Waals surface area contributed by atoms with Crippen LogP contribution in [0, 0.1) is 0 Å². The molecule has 3 aromatic rings. The monoisotopic (exact) mass is 527 g/mol. The summed E-state index contributed by atoms with van der Waals surface area (Å²) in [6.45, 7) is 1.16. The molecule has 2 aliphatic rings. The van der Waals surface area contributed by atoms with E-state index in [1.165, 1.54) is 11.2 Å². The van der Waals surface area contributed by atoms with E-state index >= 15 is 0 Å².